The predicted molar refractivity (Wildman–Crippen MR) is 97.7 cm³/mol. The number of halogens is 1. The van der Waals surface area contributed by atoms with Crippen molar-refractivity contribution in [3.8, 4) is 0 Å². The van der Waals surface area contributed by atoms with Crippen LogP contribution in [0.15, 0.2) is 42.7 Å². The standard InChI is InChI=1S/C20H20FN3O/c1-13-3-5-17(21)20-19(13)16(14(2)24-20)9-12-23-18(25)6-4-15-7-10-22-11-8-15/h3-8,10-11,24H,9,12H2,1-2H3,(H,23,25)/b6-4-. The third-order valence-corrected chi connectivity index (χ3v) is 4.24. The lowest BCUT2D eigenvalue weighted by Gasteiger charge is -2.05. The molecule has 0 bridgehead atoms. The van der Waals surface area contributed by atoms with E-state index in [9.17, 15) is 9.18 Å². The van der Waals surface area contributed by atoms with E-state index in [1.54, 1.807) is 24.5 Å². The van der Waals surface area contributed by atoms with E-state index in [0.29, 0.717) is 18.5 Å². The second kappa shape index (κ2) is 7.30. The highest BCUT2D eigenvalue weighted by Gasteiger charge is 2.13. The number of nitrogens with one attached hydrogen (secondary N) is 2. The Hall–Kier alpha value is -2.95. The molecule has 0 aliphatic carbocycles. The summed E-state index contributed by atoms with van der Waals surface area (Å²) in [7, 11) is 0. The quantitative estimate of drug-likeness (QED) is 0.698. The lowest BCUT2D eigenvalue weighted by Crippen LogP contribution is -2.23. The van der Waals surface area contributed by atoms with Gasteiger partial charge < -0.3 is 10.3 Å². The maximum absolute atomic E-state index is 14.0. The van der Waals surface area contributed by atoms with Gasteiger partial charge in [-0.1, -0.05) is 6.07 Å². The third kappa shape index (κ3) is 3.76. The number of aryl methyl sites for hydroxylation is 2. The van der Waals surface area contributed by atoms with Crippen LogP contribution in [-0.4, -0.2) is 22.4 Å². The van der Waals surface area contributed by atoms with Gasteiger partial charge in [-0.15, -0.1) is 0 Å². The molecule has 3 aromatic rings. The summed E-state index contributed by atoms with van der Waals surface area (Å²) in [5.74, 6) is -0.406. The van der Waals surface area contributed by atoms with Gasteiger partial charge in [0.2, 0.25) is 5.91 Å². The molecule has 0 radical (unpaired) electrons. The molecule has 0 unspecified atom stereocenters. The molecule has 5 heteroatoms. The van der Waals surface area contributed by atoms with Gasteiger partial charge in [-0.2, -0.15) is 0 Å². The van der Waals surface area contributed by atoms with E-state index in [1.807, 2.05) is 26.0 Å². The number of amides is 1. The van der Waals surface area contributed by atoms with Crippen molar-refractivity contribution in [3.63, 3.8) is 0 Å². The molecular formula is C20H20FN3O. The van der Waals surface area contributed by atoms with Crippen LogP contribution in [0.25, 0.3) is 17.0 Å². The molecule has 3 rings (SSSR count). The van der Waals surface area contributed by atoms with Crippen molar-refractivity contribution in [3.05, 3.63) is 70.9 Å². The monoisotopic (exact) mass is 337 g/mol. The zero-order valence-electron chi connectivity index (χ0n) is 14.3. The zero-order valence-corrected chi connectivity index (χ0v) is 14.3. The van der Waals surface area contributed by atoms with Crippen molar-refractivity contribution >= 4 is 22.9 Å². The highest BCUT2D eigenvalue weighted by atomic mass is 19.1. The van der Waals surface area contributed by atoms with E-state index >= 15 is 0 Å². The van der Waals surface area contributed by atoms with Crippen molar-refractivity contribution in [2.24, 2.45) is 0 Å². The number of benzene rings is 1. The van der Waals surface area contributed by atoms with Crippen LogP contribution in [0.3, 0.4) is 0 Å². The average Bonchev–Trinajstić information content (AvgIpc) is 2.95. The Kier molecular flexibility index (Phi) is 4.93. The van der Waals surface area contributed by atoms with E-state index < -0.39 is 0 Å². The Balaban J connectivity index is 1.65. The van der Waals surface area contributed by atoms with Crippen LogP contribution < -0.4 is 5.32 Å². The van der Waals surface area contributed by atoms with E-state index in [-0.39, 0.29) is 11.7 Å². The number of hydrogen-bond acceptors (Lipinski definition) is 2. The molecule has 0 spiro atoms. The van der Waals surface area contributed by atoms with Crippen LogP contribution >= 0.6 is 0 Å². The molecule has 2 heterocycles. The smallest absolute Gasteiger partial charge is 0.244 e. The van der Waals surface area contributed by atoms with E-state index in [4.69, 9.17) is 0 Å². The van der Waals surface area contributed by atoms with Crippen LogP contribution in [0, 0.1) is 19.7 Å². The van der Waals surface area contributed by atoms with E-state index in [1.165, 1.54) is 12.1 Å². The van der Waals surface area contributed by atoms with Crippen molar-refractivity contribution in [2.75, 3.05) is 6.54 Å². The molecule has 1 amide bonds. The number of pyridine rings is 1. The summed E-state index contributed by atoms with van der Waals surface area (Å²) in [4.78, 5) is 19.0. The lowest BCUT2D eigenvalue weighted by molar-refractivity contribution is -0.116. The molecule has 128 valence electrons. The van der Waals surface area contributed by atoms with Crippen molar-refractivity contribution in [2.45, 2.75) is 20.3 Å². The molecular weight excluding hydrogens is 317 g/mol. The molecule has 0 aliphatic heterocycles. The van der Waals surface area contributed by atoms with Gasteiger partial charge in [0.25, 0.3) is 0 Å². The molecule has 4 nitrogen and oxygen atoms in total. The molecule has 0 fully saturated rings. The summed E-state index contributed by atoms with van der Waals surface area (Å²) in [6.45, 7) is 4.39. The van der Waals surface area contributed by atoms with Crippen LogP contribution in [-0.2, 0) is 11.2 Å². The summed E-state index contributed by atoms with van der Waals surface area (Å²) in [5.41, 5.74) is 4.47. The Morgan fingerprint density at radius 2 is 2.00 bits per heavy atom. The topological polar surface area (TPSA) is 57.8 Å². The highest BCUT2D eigenvalue weighted by Crippen LogP contribution is 2.27. The minimum Gasteiger partial charge on any atom is -0.356 e. The van der Waals surface area contributed by atoms with Gasteiger partial charge in [-0.25, -0.2) is 4.39 Å². The minimum atomic E-state index is -0.251. The average molecular weight is 337 g/mol. The largest absolute Gasteiger partial charge is 0.356 e. The number of rotatable bonds is 5. The second-order valence-corrected chi connectivity index (χ2v) is 6.00. The summed E-state index contributed by atoms with van der Waals surface area (Å²) in [6.07, 6.45) is 7.25. The molecule has 1 aromatic carbocycles. The Morgan fingerprint density at radius 3 is 2.76 bits per heavy atom. The van der Waals surface area contributed by atoms with Crippen LogP contribution in [0.4, 0.5) is 4.39 Å². The van der Waals surface area contributed by atoms with E-state index in [2.05, 4.69) is 15.3 Å². The van der Waals surface area contributed by atoms with Gasteiger partial charge in [0.15, 0.2) is 0 Å². The molecule has 0 aliphatic rings. The number of nitrogens with zero attached hydrogens (tertiary/aromatic N) is 1. The third-order valence-electron chi connectivity index (χ3n) is 4.24. The number of fused-ring (bicyclic) bond motifs is 1. The van der Waals surface area contributed by atoms with Crippen LogP contribution in [0.5, 0.6) is 0 Å². The van der Waals surface area contributed by atoms with Gasteiger partial charge in [0.1, 0.15) is 5.82 Å². The first-order chi connectivity index (χ1) is 12.1. The predicted octanol–water partition coefficient (Wildman–Crippen LogP) is 3.69. The van der Waals surface area contributed by atoms with Crippen molar-refractivity contribution in [1.82, 2.24) is 15.3 Å². The van der Waals surface area contributed by atoms with Gasteiger partial charge in [0, 0.05) is 36.1 Å². The number of carbonyl (C=O) groups excluding carboxylic acids is 1. The molecule has 25 heavy (non-hydrogen) atoms. The van der Waals surface area contributed by atoms with Crippen LogP contribution in [0.2, 0.25) is 0 Å². The van der Waals surface area contributed by atoms with Gasteiger partial charge in [0.05, 0.1) is 5.52 Å². The summed E-state index contributed by atoms with van der Waals surface area (Å²) in [5, 5.41) is 3.78. The fourth-order valence-electron chi connectivity index (χ4n) is 2.97. The zero-order chi connectivity index (χ0) is 17.8. The van der Waals surface area contributed by atoms with Crippen molar-refractivity contribution in [1.29, 1.82) is 0 Å². The molecule has 0 saturated heterocycles. The Labute approximate surface area is 145 Å². The maximum atomic E-state index is 14.0. The first kappa shape index (κ1) is 16.9. The Bertz CT molecular complexity index is 929. The maximum Gasteiger partial charge on any atom is 0.244 e. The highest BCUT2D eigenvalue weighted by molar-refractivity contribution is 5.92. The summed E-state index contributed by atoms with van der Waals surface area (Å²) < 4.78 is 14.0. The lowest BCUT2D eigenvalue weighted by atomic mass is 10.0. The summed E-state index contributed by atoms with van der Waals surface area (Å²) >= 11 is 0. The first-order valence-corrected chi connectivity index (χ1v) is 8.18. The normalized spacial score (nSPS) is 11.3. The van der Waals surface area contributed by atoms with E-state index in [0.717, 1.165) is 27.8 Å². The number of carbonyl (C=O) groups is 1. The van der Waals surface area contributed by atoms with Gasteiger partial charge >= 0.3 is 0 Å². The number of aromatic amines is 1. The molecule has 2 N–H and O–H groups in total. The fraction of sp³-hybridized carbons (Fsp3) is 0.200. The van der Waals surface area contributed by atoms with Crippen molar-refractivity contribution < 1.29 is 9.18 Å². The number of hydrogen-bond donors (Lipinski definition) is 2. The van der Waals surface area contributed by atoms with Crippen LogP contribution in [0.1, 0.15) is 22.4 Å². The fourth-order valence-corrected chi connectivity index (χ4v) is 2.97. The molecule has 0 atom stereocenters. The Morgan fingerprint density at radius 1 is 1.24 bits per heavy atom. The second-order valence-electron chi connectivity index (χ2n) is 6.00. The number of aromatic nitrogens is 2. The molecule has 0 saturated carbocycles. The molecule has 2 aromatic heterocycles. The number of H-pyrrole nitrogens is 1. The van der Waals surface area contributed by atoms with Gasteiger partial charge in [-0.3, -0.25) is 9.78 Å². The van der Waals surface area contributed by atoms with Gasteiger partial charge in [-0.05, 0) is 61.2 Å². The summed E-state index contributed by atoms with van der Waals surface area (Å²) in [6, 6.07) is 6.92. The SMILES string of the molecule is Cc1[nH]c2c(F)ccc(C)c2c1CCNC(=O)/C=C\c1ccncc1. The first-order valence-electron chi connectivity index (χ1n) is 8.18. The minimum absolute atomic E-state index is 0.155.